The van der Waals surface area contributed by atoms with Crippen LogP contribution in [0.25, 0.3) is 22.3 Å². The summed E-state index contributed by atoms with van der Waals surface area (Å²) in [5, 5.41) is 6.00. The lowest BCUT2D eigenvalue weighted by Gasteiger charge is -2.21. The number of rotatable bonds is 13. The molecule has 0 fully saturated rings. The highest BCUT2D eigenvalue weighted by Gasteiger charge is 2.22. The van der Waals surface area contributed by atoms with Crippen LogP contribution in [0.15, 0.2) is 58.3 Å². The summed E-state index contributed by atoms with van der Waals surface area (Å²) in [7, 11) is 2.84. The van der Waals surface area contributed by atoms with Crippen molar-refractivity contribution in [2.75, 3.05) is 19.0 Å². The lowest BCUT2D eigenvalue weighted by Crippen LogP contribution is -2.37. The predicted molar refractivity (Wildman–Crippen MR) is 178 cm³/mol. The Labute approximate surface area is 266 Å². The van der Waals surface area contributed by atoms with Crippen molar-refractivity contribution in [3.05, 3.63) is 103 Å². The van der Waals surface area contributed by atoms with Crippen molar-refractivity contribution in [3.63, 3.8) is 0 Å². The molecule has 0 saturated carbocycles. The molecule has 1 aromatic heterocycles. The predicted octanol–water partition coefficient (Wildman–Crippen LogP) is 4.73. The summed E-state index contributed by atoms with van der Waals surface area (Å²) < 4.78 is 22.4. The molecule has 10 nitrogen and oxygen atoms in total. The first kappa shape index (κ1) is 33.9. The molecule has 1 heterocycles. The lowest BCUT2D eigenvalue weighted by atomic mass is 9.87. The van der Waals surface area contributed by atoms with Gasteiger partial charge in [0.1, 0.15) is 17.1 Å². The van der Waals surface area contributed by atoms with Gasteiger partial charge in [-0.1, -0.05) is 43.7 Å². The molecule has 4 rings (SSSR count). The topological polar surface area (TPSA) is 148 Å². The number of nitrogens with one attached hydrogen (secondary N) is 3. The van der Waals surface area contributed by atoms with E-state index in [-0.39, 0.29) is 24.4 Å². The minimum atomic E-state index is -0.700. The molecule has 46 heavy (non-hydrogen) atoms. The van der Waals surface area contributed by atoms with Crippen LogP contribution in [-0.4, -0.2) is 35.0 Å². The summed E-state index contributed by atoms with van der Waals surface area (Å²) in [5.41, 5.74) is 10.6. The fourth-order valence-electron chi connectivity index (χ4n) is 5.66. The molecule has 242 valence electrons. The second kappa shape index (κ2) is 14.8. The van der Waals surface area contributed by atoms with Crippen LogP contribution in [0.1, 0.15) is 58.8 Å². The first-order chi connectivity index (χ1) is 22.0. The van der Waals surface area contributed by atoms with Gasteiger partial charge in [-0.2, -0.15) is 0 Å². The molecule has 3 aromatic carbocycles. The van der Waals surface area contributed by atoms with Crippen LogP contribution in [-0.2, 0) is 24.8 Å². The van der Waals surface area contributed by atoms with Crippen molar-refractivity contribution in [1.82, 2.24) is 14.9 Å². The van der Waals surface area contributed by atoms with Crippen molar-refractivity contribution in [2.24, 2.45) is 12.8 Å². The second-order valence-electron chi connectivity index (χ2n) is 11.2. The highest BCUT2D eigenvalue weighted by Crippen LogP contribution is 2.41. The van der Waals surface area contributed by atoms with E-state index in [4.69, 9.17) is 10.5 Å². The number of halogens is 1. The maximum Gasteiger partial charge on any atom is 0.328 e. The average Bonchev–Trinajstić information content (AvgIpc) is 3.02. The number of carbonyl (C=O) groups excluding carboxylic acids is 2. The minimum Gasteiger partial charge on any atom is -0.496 e. The molecule has 0 aliphatic heterocycles. The van der Waals surface area contributed by atoms with Crippen LogP contribution < -0.4 is 32.4 Å². The molecule has 5 N–H and O–H groups in total. The quantitative estimate of drug-likeness (QED) is 0.157. The summed E-state index contributed by atoms with van der Waals surface area (Å²) in [6.07, 6.45) is 3.41. The smallest absolute Gasteiger partial charge is 0.328 e. The summed E-state index contributed by atoms with van der Waals surface area (Å²) in [6.45, 7) is 6.67. The number of hydrogen-bond acceptors (Lipinski definition) is 6. The van der Waals surface area contributed by atoms with Gasteiger partial charge in [0.2, 0.25) is 5.91 Å². The first-order valence-corrected chi connectivity index (χ1v) is 15.2. The van der Waals surface area contributed by atoms with Gasteiger partial charge in [0.15, 0.2) is 0 Å². The number of aromatic amines is 1. The van der Waals surface area contributed by atoms with Gasteiger partial charge in [-0.25, -0.2) is 9.18 Å². The van der Waals surface area contributed by atoms with E-state index in [1.54, 1.807) is 19.2 Å². The summed E-state index contributed by atoms with van der Waals surface area (Å²) >= 11 is 0. The van der Waals surface area contributed by atoms with E-state index >= 15 is 4.39 Å². The van der Waals surface area contributed by atoms with Gasteiger partial charge in [0.05, 0.1) is 7.11 Å². The van der Waals surface area contributed by atoms with Crippen molar-refractivity contribution >= 4 is 17.5 Å². The van der Waals surface area contributed by atoms with E-state index in [0.717, 1.165) is 56.1 Å². The van der Waals surface area contributed by atoms with Crippen molar-refractivity contribution in [3.8, 4) is 28.0 Å². The molecule has 4 aromatic rings. The van der Waals surface area contributed by atoms with Crippen molar-refractivity contribution < 1.29 is 18.7 Å². The van der Waals surface area contributed by atoms with Crippen LogP contribution in [0.3, 0.4) is 0 Å². The fourth-order valence-corrected chi connectivity index (χ4v) is 5.66. The standard InChI is InChI=1S/C35H40FN5O5/c1-6-10-25-26(17-29(36)27(32(25)46-5)18-38-16-9-15-31(37)42)23-12-7-11-22(20(23)2)24-13-8-14-30(21(24)3)40-33(43)28-19-39-35(45)41(4)34(28)44/h7-8,11-14,17,19,38H,6,9-10,15-16,18H2,1-5H3,(H2,37,42)(H,39,45)(H,40,43). The van der Waals surface area contributed by atoms with E-state index < -0.39 is 23.0 Å². The molecule has 0 aliphatic rings. The van der Waals surface area contributed by atoms with E-state index in [0.29, 0.717) is 36.4 Å². The number of methoxy groups -OCH3 is 1. The van der Waals surface area contributed by atoms with Crippen LogP contribution in [0.5, 0.6) is 5.75 Å². The Kier molecular flexibility index (Phi) is 10.9. The number of nitrogens with two attached hydrogens (primary N) is 1. The van der Waals surface area contributed by atoms with Crippen LogP contribution in [0.4, 0.5) is 10.1 Å². The molecule has 11 heteroatoms. The fraction of sp³-hybridized carbons (Fsp3) is 0.314. The number of ether oxygens (including phenoxy) is 1. The Bertz CT molecular complexity index is 1900. The first-order valence-electron chi connectivity index (χ1n) is 15.2. The summed E-state index contributed by atoms with van der Waals surface area (Å²) in [5.74, 6) is -0.911. The molecule has 0 saturated heterocycles. The van der Waals surface area contributed by atoms with Gasteiger partial charge in [0, 0.05) is 43.0 Å². The lowest BCUT2D eigenvalue weighted by molar-refractivity contribution is -0.118. The van der Waals surface area contributed by atoms with Gasteiger partial charge >= 0.3 is 5.69 Å². The van der Waals surface area contributed by atoms with E-state index in [1.165, 1.54) is 7.05 Å². The van der Waals surface area contributed by atoms with Crippen molar-refractivity contribution in [1.29, 1.82) is 0 Å². The average molecular weight is 630 g/mol. The maximum atomic E-state index is 15.8. The molecular formula is C35H40FN5O5. The van der Waals surface area contributed by atoms with Crippen molar-refractivity contribution in [2.45, 2.75) is 53.0 Å². The number of benzene rings is 3. The van der Waals surface area contributed by atoms with Crippen LogP contribution in [0.2, 0.25) is 0 Å². The van der Waals surface area contributed by atoms with Gasteiger partial charge < -0.3 is 26.1 Å². The highest BCUT2D eigenvalue weighted by molar-refractivity contribution is 6.04. The SMILES string of the molecule is CCCc1c(-c2cccc(-c3cccc(NC(=O)c4c[nH]c(=O)n(C)c4=O)c3C)c2C)cc(F)c(CNCCCC(N)=O)c1OC. The third kappa shape index (κ3) is 7.10. The zero-order valence-electron chi connectivity index (χ0n) is 26.8. The Balaban J connectivity index is 1.73. The molecule has 0 spiro atoms. The molecule has 0 aliphatic carbocycles. The third-order valence-corrected chi connectivity index (χ3v) is 8.14. The number of aromatic nitrogens is 2. The normalized spacial score (nSPS) is 11.0. The second-order valence-corrected chi connectivity index (χ2v) is 11.2. The molecule has 0 bridgehead atoms. The number of amides is 2. The largest absolute Gasteiger partial charge is 0.496 e. The highest BCUT2D eigenvalue weighted by atomic mass is 19.1. The Morgan fingerprint density at radius 3 is 2.30 bits per heavy atom. The summed E-state index contributed by atoms with van der Waals surface area (Å²) in [4.78, 5) is 50.7. The molecule has 0 atom stereocenters. The van der Waals surface area contributed by atoms with E-state index in [2.05, 4.69) is 22.5 Å². The number of anilines is 1. The Morgan fingerprint density at radius 2 is 1.65 bits per heavy atom. The Morgan fingerprint density at radius 1 is 1.00 bits per heavy atom. The molecule has 0 radical (unpaired) electrons. The number of primary amides is 1. The van der Waals surface area contributed by atoms with E-state index in [9.17, 15) is 19.2 Å². The van der Waals surface area contributed by atoms with Gasteiger partial charge in [-0.05, 0) is 78.7 Å². The van der Waals surface area contributed by atoms with Gasteiger partial charge in [0.25, 0.3) is 11.5 Å². The van der Waals surface area contributed by atoms with Gasteiger partial charge in [-0.3, -0.25) is 19.0 Å². The zero-order chi connectivity index (χ0) is 33.5. The van der Waals surface area contributed by atoms with E-state index in [1.807, 2.05) is 44.2 Å². The number of carbonyl (C=O) groups is 2. The summed E-state index contributed by atoms with van der Waals surface area (Å²) in [6, 6.07) is 12.9. The monoisotopic (exact) mass is 629 g/mol. The van der Waals surface area contributed by atoms with Crippen LogP contribution in [0, 0.1) is 19.7 Å². The third-order valence-electron chi connectivity index (χ3n) is 8.14. The maximum absolute atomic E-state index is 15.8. The number of hydrogen-bond donors (Lipinski definition) is 4. The zero-order valence-corrected chi connectivity index (χ0v) is 26.8. The molecule has 2 amide bonds. The number of H-pyrrole nitrogens is 1. The molecule has 0 unspecified atom stereocenters. The van der Waals surface area contributed by atoms with Gasteiger partial charge in [-0.15, -0.1) is 0 Å². The number of nitrogens with zero attached hydrogens (tertiary/aromatic N) is 1. The molecular weight excluding hydrogens is 589 g/mol. The minimum absolute atomic E-state index is 0.186. The Hall–Kier alpha value is -5.03. The van der Waals surface area contributed by atoms with Crippen LogP contribution >= 0.6 is 0 Å².